The quantitative estimate of drug-likeness (QED) is 0.439. The number of anilines is 1. The first-order valence-electron chi connectivity index (χ1n) is 10.9. The number of aromatic nitrogens is 2. The van der Waals surface area contributed by atoms with E-state index in [2.05, 4.69) is 77.5 Å². The molecule has 0 unspecified atom stereocenters. The van der Waals surface area contributed by atoms with E-state index in [0.29, 0.717) is 12.5 Å². The van der Waals surface area contributed by atoms with E-state index in [1.54, 1.807) is 0 Å². The van der Waals surface area contributed by atoms with E-state index in [-0.39, 0.29) is 5.97 Å². The van der Waals surface area contributed by atoms with Crippen molar-refractivity contribution in [1.29, 1.82) is 0 Å². The Kier molecular flexibility index (Phi) is 6.11. The van der Waals surface area contributed by atoms with Crippen molar-refractivity contribution in [2.24, 2.45) is 5.92 Å². The van der Waals surface area contributed by atoms with Crippen LogP contribution in [0.15, 0.2) is 28.9 Å². The summed E-state index contributed by atoms with van der Waals surface area (Å²) in [5, 5.41) is 1.23. The van der Waals surface area contributed by atoms with Crippen molar-refractivity contribution in [3.63, 3.8) is 0 Å². The average molecular weight is 484 g/mol. The fraction of sp³-hybridized carbons (Fsp3) is 0.440. The lowest BCUT2D eigenvalue weighted by molar-refractivity contribution is -0.142. The molecular formula is C25H30BrN3O2. The summed E-state index contributed by atoms with van der Waals surface area (Å²) in [5.41, 5.74) is 8.18. The Hall–Kier alpha value is -2.34. The van der Waals surface area contributed by atoms with Gasteiger partial charge in [-0.3, -0.25) is 4.79 Å². The van der Waals surface area contributed by atoms with Crippen LogP contribution < -0.4 is 4.90 Å². The molecular weight excluding hydrogens is 454 g/mol. The Morgan fingerprint density at radius 3 is 2.35 bits per heavy atom. The molecule has 1 saturated heterocycles. The van der Waals surface area contributed by atoms with Crippen molar-refractivity contribution in [2.45, 2.75) is 47.5 Å². The van der Waals surface area contributed by atoms with Crippen molar-refractivity contribution < 1.29 is 9.53 Å². The fourth-order valence-electron chi connectivity index (χ4n) is 4.79. The van der Waals surface area contributed by atoms with Gasteiger partial charge in [0, 0.05) is 47.5 Å². The van der Waals surface area contributed by atoms with E-state index in [1.165, 1.54) is 40.4 Å². The number of piperidine rings is 1. The number of carbonyl (C=O) groups excluding carboxylic acids is 1. The van der Waals surface area contributed by atoms with Crippen molar-refractivity contribution >= 4 is 38.6 Å². The third-order valence-corrected chi connectivity index (χ3v) is 6.68. The van der Waals surface area contributed by atoms with Gasteiger partial charge >= 0.3 is 5.97 Å². The molecule has 31 heavy (non-hydrogen) atoms. The first-order valence-corrected chi connectivity index (χ1v) is 11.7. The molecule has 4 rings (SSSR count). The maximum absolute atomic E-state index is 11.1. The Balaban J connectivity index is 1.72. The second-order valence-electron chi connectivity index (χ2n) is 8.78. The minimum absolute atomic E-state index is 0.190. The molecule has 0 aliphatic carbocycles. The normalized spacial score (nSPS) is 15.0. The van der Waals surface area contributed by atoms with Gasteiger partial charge in [-0.15, -0.1) is 0 Å². The average Bonchev–Trinajstić information content (AvgIpc) is 3.01. The number of rotatable bonds is 4. The number of benzene rings is 1. The van der Waals surface area contributed by atoms with Crippen molar-refractivity contribution in [2.75, 3.05) is 24.6 Å². The highest BCUT2D eigenvalue weighted by Gasteiger charge is 2.24. The molecule has 1 aliphatic heterocycles. The monoisotopic (exact) mass is 483 g/mol. The maximum atomic E-state index is 11.1. The molecule has 3 aromatic rings. The van der Waals surface area contributed by atoms with Crippen LogP contribution in [0.4, 0.5) is 5.69 Å². The van der Waals surface area contributed by atoms with E-state index in [1.807, 2.05) is 0 Å². The van der Waals surface area contributed by atoms with Crippen molar-refractivity contribution in [3.8, 4) is 5.69 Å². The first kappa shape index (κ1) is 21.9. The number of fused-ring (bicyclic) bond motifs is 1. The highest BCUT2D eigenvalue weighted by molar-refractivity contribution is 9.10. The predicted octanol–water partition coefficient (Wildman–Crippen LogP) is 5.80. The summed E-state index contributed by atoms with van der Waals surface area (Å²) in [6, 6.07) is 6.54. The zero-order chi connectivity index (χ0) is 22.3. The SMILES string of the molecule is CC(=O)OCC1CCN(c2cc(C)nc3c2c(C)cn3-c2c(C)cc(Br)cc2C)CC1. The highest BCUT2D eigenvalue weighted by atomic mass is 79.9. The zero-order valence-electron chi connectivity index (χ0n) is 19.0. The topological polar surface area (TPSA) is 47.4 Å². The van der Waals surface area contributed by atoms with E-state index in [4.69, 9.17) is 9.72 Å². The molecule has 0 saturated carbocycles. The highest BCUT2D eigenvalue weighted by Crippen LogP contribution is 2.36. The van der Waals surface area contributed by atoms with Gasteiger partial charge in [-0.1, -0.05) is 15.9 Å². The van der Waals surface area contributed by atoms with E-state index in [0.717, 1.165) is 41.7 Å². The molecule has 0 atom stereocenters. The van der Waals surface area contributed by atoms with Gasteiger partial charge in [0.15, 0.2) is 0 Å². The van der Waals surface area contributed by atoms with Crippen LogP contribution in [0.2, 0.25) is 0 Å². The van der Waals surface area contributed by atoms with E-state index >= 15 is 0 Å². The molecule has 6 heteroatoms. The lowest BCUT2D eigenvalue weighted by atomic mass is 9.97. The number of halogens is 1. The molecule has 5 nitrogen and oxygen atoms in total. The van der Waals surface area contributed by atoms with Crippen LogP contribution in [0, 0.1) is 33.6 Å². The van der Waals surface area contributed by atoms with Crippen LogP contribution >= 0.6 is 15.9 Å². The lowest BCUT2D eigenvalue weighted by Crippen LogP contribution is -2.35. The number of pyridine rings is 1. The van der Waals surface area contributed by atoms with Gasteiger partial charge in [0.1, 0.15) is 5.65 Å². The third kappa shape index (κ3) is 4.36. The molecule has 0 amide bonds. The molecule has 0 spiro atoms. The van der Waals surface area contributed by atoms with Crippen LogP contribution in [-0.2, 0) is 9.53 Å². The number of nitrogens with zero attached hydrogens (tertiary/aromatic N) is 3. The minimum atomic E-state index is -0.190. The van der Waals surface area contributed by atoms with Crippen LogP contribution in [-0.4, -0.2) is 35.2 Å². The number of aryl methyl sites for hydroxylation is 4. The Morgan fingerprint density at radius 1 is 1.10 bits per heavy atom. The van der Waals surface area contributed by atoms with Crippen molar-refractivity contribution in [1.82, 2.24) is 9.55 Å². The van der Waals surface area contributed by atoms with E-state index < -0.39 is 0 Å². The molecule has 0 N–H and O–H groups in total. The Labute approximate surface area is 192 Å². The second-order valence-corrected chi connectivity index (χ2v) is 9.70. The second kappa shape index (κ2) is 8.65. The van der Waals surface area contributed by atoms with Gasteiger partial charge in [0.05, 0.1) is 12.3 Å². The molecule has 0 bridgehead atoms. The minimum Gasteiger partial charge on any atom is -0.466 e. The third-order valence-electron chi connectivity index (χ3n) is 6.23. The molecule has 3 heterocycles. The summed E-state index contributed by atoms with van der Waals surface area (Å²) < 4.78 is 8.59. The summed E-state index contributed by atoms with van der Waals surface area (Å²) in [4.78, 5) is 18.6. The largest absolute Gasteiger partial charge is 0.466 e. The molecule has 2 aromatic heterocycles. The van der Waals surface area contributed by atoms with Gasteiger partial charge in [0.25, 0.3) is 0 Å². The molecule has 1 aromatic carbocycles. The van der Waals surface area contributed by atoms with Crippen LogP contribution in [0.25, 0.3) is 16.7 Å². The van der Waals surface area contributed by atoms with Gasteiger partial charge in [-0.05, 0) is 81.3 Å². The standard InChI is InChI=1S/C25H30BrN3O2/c1-15-10-21(26)11-16(2)24(15)29-13-17(3)23-22(12-18(4)27-25(23)29)28-8-6-20(7-9-28)14-31-19(5)30/h10-13,20H,6-9,14H2,1-5H3. The summed E-state index contributed by atoms with van der Waals surface area (Å²) in [6.07, 6.45) is 4.28. The van der Waals surface area contributed by atoms with Gasteiger partial charge in [0.2, 0.25) is 0 Å². The van der Waals surface area contributed by atoms with Gasteiger partial charge in [-0.25, -0.2) is 4.98 Å². The number of hydrogen-bond donors (Lipinski definition) is 0. The van der Waals surface area contributed by atoms with Crippen LogP contribution in [0.1, 0.15) is 42.1 Å². The summed E-state index contributed by atoms with van der Waals surface area (Å²) in [7, 11) is 0. The zero-order valence-corrected chi connectivity index (χ0v) is 20.5. The van der Waals surface area contributed by atoms with Crippen molar-refractivity contribution in [3.05, 3.63) is 51.3 Å². The number of esters is 1. The van der Waals surface area contributed by atoms with E-state index in [9.17, 15) is 4.79 Å². The van der Waals surface area contributed by atoms with Gasteiger partial charge in [-0.2, -0.15) is 0 Å². The number of ether oxygens (including phenoxy) is 1. The summed E-state index contributed by atoms with van der Waals surface area (Å²) in [5.74, 6) is 0.252. The van der Waals surface area contributed by atoms with Crippen LogP contribution in [0.3, 0.4) is 0 Å². The Bertz CT molecular complexity index is 1120. The number of hydrogen-bond acceptors (Lipinski definition) is 4. The smallest absolute Gasteiger partial charge is 0.302 e. The number of carbonyl (C=O) groups is 1. The predicted molar refractivity (Wildman–Crippen MR) is 129 cm³/mol. The first-order chi connectivity index (χ1) is 14.7. The molecule has 1 aliphatic rings. The Morgan fingerprint density at radius 2 is 1.74 bits per heavy atom. The summed E-state index contributed by atoms with van der Waals surface area (Å²) in [6.45, 7) is 12.5. The lowest BCUT2D eigenvalue weighted by Gasteiger charge is -2.34. The van der Waals surface area contributed by atoms with Crippen LogP contribution in [0.5, 0.6) is 0 Å². The fourth-order valence-corrected chi connectivity index (χ4v) is 5.48. The molecule has 0 radical (unpaired) electrons. The van der Waals surface area contributed by atoms with Gasteiger partial charge < -0.3 is 14.2 Å². The maximum Gasteiger partial charge on any atom is 0.302 e. The molecule has 164 valence electrons. The molecule has 1 fully saturated rings. The summed E-state index contributed by atoms with van der Waals surface area (Å²) >= 11 is 3.61.